The summed E-state index contributed by atoms with van der Waals surface area (Å²) in [6.45, 7) is 0.933. The highest BCUT2D eigenvalue weighted by atomic mass is 79.9. The molecule has 0 amide bonds. The van der Waals surface area contributed by atoms with Crippen LogP contribution in [0.25, 0.3) is 0 Å². The van der Waals surface area contributed by atoms with E-state index in [1.807, 2.05) is 0 Å². The van der Waals surface area contributed by atoms with Crippen molar-refractivity contribution in [3.63, 3.8) is 0 Å². The van der Waals surface area contributed by atoms with Gasteiger partial charge in [-0.1, -0.05) is 0 Å². The maximum Gasteiger partial charge on any atom is 0.242 e. The molecule has 0 radical (unpaired) electrons. The second-order valence-corrected chi connectivity index (χ2v) is 9.15. The fraction of sp³-hybridized carbons (Fsp3) is 0.385. The standard InChI is InChI=1S/C13H15BrN2O3S2/c14-13-12(5-11(20-13)7-15-10-1-2-10)21(17,18)16-6-9-3-4-19-8-9/h3-5,8,10,15-16H,1-2,6-7H2. The first kappa shape index (κ1) is 15.2. The minimum Gasteiger partial charge on any atom is -0.472 e. The first-order chi connectivity index (χ1) is 10.0. The molecular weight excluding hydrogens is 376 g/mol. The van der Waals surface area contributed by atoms with Crippen LogP contribution in [0.3, 0.4) is 0 Å². The monoisotopic (exact) mass is 390 g/mol. The summed E-state index contributed by atoms with van der Waals surface area (Å²) in [7, 11) is -3.53. The second-order valence-electron chi connectivity index (χ2n) is 4.96. The number of halogens is 1. The average Bonchev–Trinajstić information content (AvgIpc) is 2.97. The van der Waals surface area contributed by atoms with Gasteiger partial charge < -0.3 is 9.73 Å². The van der Waals surface area contributed by atoms with Gasteiger partial charge >= 0.3 is 0 Å². The number of hydrogen-bond acceptors (Lipinski definition) is 5. The van der Waals surface area contributed by atoms with Crippen LogP contribution >= 0.6 is 27.3 Å². The third kappa shape index (κ3) is 3.95. The topological polar surface area (TPSA) is 71.3 Å². The fourth-order valence-electron chi connectivity index (χ4n) is 1.85. The summed E-state index contributed by atoms with van der Waals surface area (Å²) in [6.07, 6.45) is 5.47. The molecule has 2 N–H and O–H groups in total. The summed E-state index contributed by atoms with van der Waals surface area (Å²) < 4.78 is 32.8. The molecule has 1 saturated carbocycles. The van der Waals surface area contributed by atoms with Crippen LogP contribution < -0.4 is 10.0 Å². The molecule has 8 heteroatoms. The molecule has 21 heavy (non-hydrogen) atoms. The maximum atomic E-state index is 12.3. The molecule has 2 aromatic rings. The first-order valence-corrected chi connectivity index (χ1v) is 9.66. The van der Waals surface area contributed by atoms with Gasteiger partial charge in [0.2, 0.25) is 10.0 Å². The van der Waals surface area contributed by atoms with Crippen LogP contribution in [-0.2, 0) is 23.1 Å². The summed E-state index contributed by atoms with van der Waals surface area (Å²) in [6, 6.07) is 4.06. The van der Waals surface area contributed by atoms with Crippen molar-refractivity contribution in [2.45, 2.75) is 36.9 Å². The van der Waals surface area contributed by atoms with Crippen LogP contribution in [0.15, 0.2) is 37.8 Å². The number of nitrogens with one attached hydrogen (secondary N) is 2. The van der Waals surface area contributed by atoms with E-state index in [0.717, 1.165) is 10.4 Å². The van der Waals surface area contributed by atoms with Crippen molar-refractivity contribution in [2.75, 3.05) is 0 Å². The summed E-state index contributed by atoms with van der Waals surface area (Å²) in [5.41, 5.74) is 0.792. The molecule has 1 aliphatic rings. The largest absolute Gasteiger partial charge is 0.472 e. The minimum absolute atomic E-state index is 0.219. The van der Waals surface area contributed by atoms with E-state index in [2.05, 4.69) is 26.0 Å². The Bertz CT molecular complexity index is 706. The van der Waals surface area contributed by atoms with Gasteiger partial charge in [0.25, 0.3) is 0 Å². The Morgan fingerprint density at radius 3 is 2.86 bits per heavy atom. The Hall–Kier alpha value is -0.670. The normalized spacial score (nSPS) is 15.5. The van der Waals surface area contributed by atoms with E-state index in [9.17, 15) is 8.42 Å². The van der Waals surface area contributed by atoms with Crippen molar-refractivity contribution in [1.29, 1.82) is 0 Å². The molecule has 114 valence electrons. The molecule has 0 aliphatic heterocycles. The number of hydrogen-bond donors (Lipinski definition) is 2. The van der Waals surface area contributed by atoms with Crippen LogP contribution in [0.2, 0.25) is 0 Å². The van der Waals surface area contributed by atoms with Gasteiger partial charge in [-0.25, -0.2) is 13.1 Å². The molecule has 0 unspecified atom stereocenters. The summed E-state index contributed by atoms with van der Waals surface area (Å²) in [5.74, 6) is 0. The third-order valence-electron chi connectivity index (χ3n) is 3.18. The molecule has 0 aromatic carbocycles. The second kappa shape index (κ2) is 6.21. The predicted molar refractivity (Wildman–Crippen MR) is 84.6 cm³/mol. The highest BCUT2D eigenvalue weighted by Crippen LogP contribution is 2.32. The molecular formula is C13H15BrN2O3S2. The van der Waals surface area contributed by atoms with Crippen molar-refractivity contribution in [3.05, 3.63) is 38.9 Å². The number of thiophene rings is 1. The van der Waals surface area contributed by atoms with E-state index in [1.54, 1.807) is 12.1 Å². The SMILES string of the molecule is O=S(=O)(NCc1ccoc1)c1cc(CNC2CC2)sc1Br. The van der Waals surface area contributed by atoms with Crippen LogP contribution in [0.5, 0.6) is 0 Å². The highest BCUT2D eigenvalue weighted by molar-refractivity contribution is 9.11. The van der Waals surface area contributed by atoms with Crippen molar-refractivity contribution in [2.24, 2.45) is 0 Å². The van der Waals surface area contributed by atoms with Gasteiger partial charge in [0.1, 0.15) is 4.90 Å². The van der Waals surface area contributed by atoms with Gasteiger partial charge in [-0.2, -0.15) is 0 Å². The molecule has 0 atom stereocenters. The smallest absolute Gasteiger partial charge is 0.242 e. The zero-order valence-electron chi connectivity index (χ0n) is 11.1. The van der Waals surface area contributed by atoms with Gasteiger partial charge in [0.05, 0.1) is 16.3 Å². The van der Waals surface area contributed by atoms with Gasteiger partial charge in [0.15, 0.2) is 0 Å². The number of rotatable bonds is 7. The zero-order chi connectivity index (χ0) is 14.9. The molecule has 0 spiro atoms. The first-order valence-electron chi connectivity index (χ1n) is 6.57. The van der Waals surface area contributed by atoms with Crippen molar-refractivity contribution in [1.82, 2.24) is 10.0 Å². The molecule has 1 aliphatic carbocycles. The zero-order valence-corrected chi connectivity index (χ0v) is 14.4. The Labute approximate surface area is 135 Å². The molecule has 3 rings (SSSR count). The van der Waals surface area contributed by atoms with E-state index < -0.39 is 10.0 Å². The third-order valence-corrected chi connectivity index (χ3v) is 6.84. The minimum atomic E-state index is -3.53. The lowest BCUT2D eigenvalue weighted by molar-refractivity contribution is 0.561. The molecule has 2 heterocycles. The van der Waals surface area contributed by atoms with Gasteiger partial charge in [0, 0.05) is 29.6 Å². The van der Waals surface area contributed by atoms with Gasteiger partial charge in [-0.05, 0) is 40.9 Å². The molecule has 0 bridgehead atoms. The Balaban J connectivity index is 1.68. The lowest BCUT2D eigenvalue weighted by Gasteiger charge is -2.04. The highest BCUT2D eigenvalue weighted by Gasteiger charge is 2.23. The lowest BCUT2D eigenvalue weighted by Crippen LogP contribution is -2.23. The van der Waals surface area contributed by atoms with E-state index in [-0.39, 0.29) is 6.54 Å². The van der Waals surface area contributed by atoms with Gasteiger partial charge in [-0.15, -0.1) is 11.3 Å². The van der Waals surface area contributed by atoms with E-state index in [1.165, 1.54) is 36.7 Å². The fourth-order valence-corrected chi connectivity index (χ4v) is 5.50. The van der Waals surface area contributed by atoms with Crippen LogP contribution in [-0.4, -0.2) is 14.5 Å². The molecule has 1 fully saturated rings. The van der Waals surface area contributed by atoms with Crippen LogP contribution in [0, 0.1) is 0 Å². The summed E-state index contributed by atoms with van der Waals surface area (Å²) in [4.78, 5) is 1.31. The molecule has 2 aromatic heterocycles. The van der Waals surface area contributed by atoms with Crippen LogP contribution in [0.1, 0.15) is 23.3 Å². The molecule has 0 saturated heterocycles. The van der Waals surface area contributed by atoms with E-state index >= 15 is 0 Å². The lowest BCUT2D eigenvalue weighted by atomic mass is 10.4. The number of sulfonamides is 1. The number of furan rings is 1. The summed E-state index contributed by atoms with van der Waals surface area (Å²) >= 11 is 4.80. The van der Waals surface area contributed by atoms with Crippen molar-refractivity contribution >= 4 is 37.3 Å². The van der Waals surface area contributed by atoms with Crippen LogP contribution in [0.4, 0.5) is 0 Å². The van der Waals surface area contributed by atoms with Crippen molar-refractivity contribution < 1.29 is 12.8 Å². The van der Waals surface area contributed by atoms with Gasteiger partial charge in [-0.3, -0.25) is 0 Å². The predicted octanol–water partition coefficient (Wildman–Crippen LogP) is 2.83. The quantitative estimate of drug-likeness (QED) is 0.762. The van der Waals surface area contributed by atoms with E-state index in [4.69, 9.17) is 4.42 Å². The van der Waals surface area contributed by atoms with Crippen molar-refractivity contribution in [3.8, 4) is 0 Å². The van der Waals surface area contributed by atoms with E-state index in [0.29, 0.717) is 21.3 Å². The summed E-state index contributed by atoms with van der Waals surface area (Å²) in [5, 5.41) is 3.38. The Morgan fingerprint density at radius 1 is 1.38 bits per heavy atom. The maximum absolute atomic E-state index is 12.3. The molecule has 5 nitrogen and oxygen atoms in total. The Morgan fingerprint density at radius 2 is 2.19 bits per heavy atom. The average molecular weight is 391 g/mol. The Kier molecular flexibility index (Phi) is 4.51.